The van der Waals surface area contributed by atoms with Crippen LogP contribution in [0.2, 0.25) is 5.02 Å². The maximum atomic E-state index is 12.1. The van der Waals surface area contributed by atoms with E-state index in [2.05, 4.69) is 10.6 Å². The minimum atomic E-state index is -0.0892. The zero-order valence-corrected chi connectivity index (χ0v) is 15.4. The van der Waals surface area contributed by atoms with Crippen LogP contribution in [0.15, 0.2) is 42.5 Å². The first-order chi connectivity index (χ1) is 12.0. The quantitative estimate of drug-likeness (QED) is 0.756. The molecule has 0 fully saturated rings. The molecule has 2 rings (SSSR count). The second kappa shape index (κ2) is 9.30. The Morgan fingerprint density at radius 1 is 1.12 bits per heavy atom. The molecule has 0 heterocycles. The molecule has 6 heteroatoms. The lowest BCUT2D eigenvalue weighted by Gasteiger charge is -2.15. The van der Waals surface area contributed by atoms with Crippen LogP contribution in [-0.2, 0) is 11.3 Å². The summed E-state index contributed by atoms with van der Waals surface area (Å²) in [4.78, 5) is 12.1. The normalized spacial score (nSPS) is 11.7. The smallest absolute Gasteiger partial charge is 0.234 e. The van der Waals surface area contributed by atoms with Crippen molar-refractivity contribution in [2.24, 2.45) is 0 Å². The first-order valence-electron chi connectivity index (χ1n) is 8.00. The van der Waals surface area contributed by atoms with Gasteiger partial charge in [0.25, 0.3) is 0 Å². The summed E-state index contributed by atoms with van der Waals surface area (Å²) in [5.41, 5.74) is 1.90. The van der Waals surface area contributed by atoms with Crippen molar-refractivity contribution in [3.8, 4) is 11.5 Å². The van der Waals surface area contributed by atoms with E-state index in [-0.39, 0.29) is 18.5 Å². The van der Waals surface area contributed by atoms with Crippen LogP contribution in [0.5, 0.6) is 11.5 Å². The van der Waals surface area contributed by atoms with Crippen LogP contribution in [-0.4, -0.2) is 26.7 Å². The molecule has 0 saturated heterocycles. The number of halogens is 1. The molecule has 1 unspecified atom stereocenters. The van der Waals surface area contributed by atoms with Crippen molar-refractivity contribution < 1.29 is 14.3 Å². The van der Waals surface area contributed by atoms with Gasteiger partial charge in [0.2, 0.25) is 5.91 Å². The Morgan fingerprint density at radius 2 is 1.84 bits per heavy atom. The summed E-state index contributed by atoms with van der Waals surface area (Å²) >= 11 is 6.17. The molecule has 5 nitrogen and oxygen atoms in total. The van der Waals surface area contributed by atoms with E-state index in [0.717, 1.165) is 11.1 Å². The summed E-state index contributed by atoms with van der Waals surface area (Å²) < 4.78 is 10.5. The molecular formula is C19H23ClN2O3. The SMILES string of the molecule is COc1ccc(CNC(=O)CNC(C)c2ccccc2Cl)cc1OC. The number of nitrogens with one attached hydrogen (secondary N) is 2. The number of hydrogen-bond acceptors (Lipinski definition) is 4. The Labute approximate surface area is 153 Å². The highest BCUT2D eigenvalue weighted by Crippen LogP contribution is 2.27. The fourth-order valence-corrected chi connectivity index (χ4v) is 2.74. The van der Waals surface area contributed by atoms with E-state index in [1.807, 2.05) is 49.4 Å². The molecule has 0 bridgehead atoms. The zero-order chi connectivity index (χ0) is 18.2. The standard InChI is InChI=1S/C19H23ClN2O3/c1-13(15-6-4-5-7-16(15)20)21-12-19(23)22-11-14-8-9-17(24-2)18(10-14)25-3/h4-10,13,21H,11-12H2,1-3H3,(H,22,23). The average molecular weight is 363 g/mol. The Balaban J connectivity index is 1.84. The Hall–Kier alpha value is -2.24. The van der Waals surface area contributed by atoms with Crippen LogP contribution in [0, 0.1) is 0 Å². The lowest BCUT2D eigenvalue weighted by atomic mass is 10.1. The maximum absolute atomic E-state index is 12.1. The van der Waals surface area contributed by atoms with Gasteiger partial charge in [-0.25, -0.2) is 0 Å². The van der Waals surface area contributed by atoms with Crippen LogP contribution in [0.25, 0.3) is 0 Å². The topological polar surface area (TPSA) is 59.6 Å². The highest BCUT2D eigenvalue weighted by molar-refractivity contribution is 6.31. The van der Waals surface area contributed by atoms with Gasteiger partial charge >= 0.3 is 0 Å². The van der Waals surface area contributed by atoms with E-state index in [1.54, 1.807) is 14.2 Å². The second-order valence-electron chi connectivity index (χ2n) is 5.59. The molecule has 0 spiro atoms. The zero-order valence-electron chi connectivity index (χ0n) is 14.6. The van der Waals surface area contributed by atoms with Gasteiger partial charge in [-0.2, -0.15) is 0 Å². The summed E-state index contributed by atoms with van der Waals surface area (Å²) in [6.45, 7) is 2.60. The van der Waals surface area contributed by atoms with Crippen LogP contribution in [0.4, 0.5) is 0 Å². The third kappa shape index (κ3) is 5.37. The van der Waals surface area contributed by atoms with Gasteiger partial charge in [0.05, 0.1) is 20.8 Å². The van der Waals surface area contributed by atoms with Gasteiger partial charge in [0, 0.05) is 17.6 Å². The summed E-state index contributed by atoms with van der Waals surface area (Å²) in [7, 11) is 3.17. The molecule has 2 aromatic carbocycles. The highest BCUT2D eigenvalue weighted by atomic mass is 35.5. The number of ether oxygens (including phenoxy) is 2. The number of amides is 1. The lowest BCUT2D eigenvalue weighted by molar-refractivity contribution is -0.120. The van der Waals surface area contributed by atoms with Crippen LogP contribution < -0.4 is 20.1 Å². The molecule has 0 aliphatic heterocycles. The Kier molecular flexibility index (Phi) is 7.10. The van der Waals surface area contributed by atoms with Crippen molar-refractivity contribution in [3.63, 3.8) is 0 Å². The number of carbonyl (C=O) groups is 1. The van der Waals surface area contributed by atoms with Crippen molar-refractivity contribution in [1.82, 2.24) is 10.6 Å². The van der Waals surface area contributed by atoms with E-state index in [1.165, 1.54) is 0 Å². The summed E-state index contributed by atoms with van der Waals surface area (Å²) in [5.74, 6) is 1.21. The first kappa shape index (κ1) is 19.1. The summed E-state index contributed by atoms with van der Waals surface area (Å²) in [6.07, 6.45) is 0. The van der Waals surface area contributed by atoms with E-state index in [9.17, 15) is 4.79 Å². The van der Waals surface area contributed by atoms with Crippen molar-refractivity contribution in [3.05, 3.63) is 58.6 Å². The van der Waals surface area contributed by atoms with Crippen molar-refractivity contribution in [2.45, 2.75) is 19.5 Å². The highest BCUT2D eigenvalue weighted by Gasteiger charge is 2.11. The monoisotopic (exact) mass is 362 g/mol. The molecule has 0 radical (unpaired) electrons. The largest absolute Gasteiger partial charge is 0.493 e. The molecule has 134 valence electrons. The fraction of sp³-hybridized carbons (Fsp3) is 0.316. The Bertz CT molecular complexity index is 722. The lowest BCUT2D eigenvalue weighted by Crippen LogP contribution is -2.34. The average Bonchev–Trinajstić information content (AvgIpc) is 2.64. The molecule has 1 atom stereocenters. The molecule has 0 aromatic heterocycles. The van der Waals surface area contributed by atoms with E-state index < -0.39 is 0 Å². The number of rotatable bonds is 8. The molecule has 0 saturated carbocycles. The first-order valence-corrected chi connectivity index (χ1v) is 8.38. The van der Waals surface area contributed by atoms with E-state index in [0.29, 0.717) is 23.1 Å². The maximum Gasteiger partial charge on any atom is 0.234 e. The van der Waals surface area contributed by atoms with E-state index in [4.69, 9.17) is 21.1 Å². The van der Waals surface area contributed by atoms with Crippen LogP contribution >= 0.6 is 11.6 Å². The molecule has 2 N–H and O–H groups in total. The minimum Gasteiger partial charge on any atom is -0.493 e. The molecule has 2 aromatic rings. The second-order valence-corrected chi connectivity index (χ2v) is 6.00. The van der Waals surface area contributed by atoms with Gasteiger partial charge in [0.15, 0.2) is 11.5 Å². The molecule has 0 aliphatic carbocycles. The predicted octanol–water partition coefficient (Wildman–Crippen LogP) is 3.32. The number of carbonyl (C=O) groups excluding carboxylic acids is 1. The van der Waals surface area contributed by atoms with E-state index >= 15 is 0 Å². The van der Waals surface area contributed by atoms with Gasteiger partial charge in [0.1, 0.15) is 0 Å². The summed E-state index contributed by atoms with van der Waals surface area (Å²) in [5, 5.41) is 6.74. The van der Waals surface area contributed by atoms with Crippen LogP contribution in [0.3, 0.4) is 0 Å². The molecular weight excluding hydrogens is 340 g/mol. The number of methoxy groups -OCH3 is 2. The van der Waals surface area contributed by atoms with Crippen molar-refractivity contribution in [2.75, 3.05) is 20.8 Å². The fourth-order valence-electron chi connectivity index (χ4n) is 2.44. The predicted molar refractivity (Wildman–Crippen MR) is 99.3 cm³/mol. The minimum absolute atomic E-state index is 0.0134. The van der Waals surface area contributed by atoms with Gasteiger partial charge in [-0.05, 0) is 36.2 Å². The van der Waals surface area contributed by atoms with Gasteiger partial charge in [-0.15, -0.1) is 0 Å². The van der Waals surface area contributed by atoms with Crippen molar-refractivity contribution in [1.29, 1.82) is 0 Å². The molecule has 0 aliphatic rings. The van der Waals surface area contributed by atoms with Gasteiger partial charge in [-0.3, -0.25) is 4.79 Å². The van der Waals surface area contributed by atoms with Gasteiger partial charge < -0.3 is 20.1 Å². The van der Waals surface area contributed by atoms with Gasteiger partial charge in [-0.1, -0.05) is 35.9 Å². The Morgan fingerprint density at radius 3 is 2.52 bits per heavy atom. The van der Waals surface area contributed by atoms with Crippen molar-refractivity contribution >= 4 is 17.5 Å². The number of benzene rings is 2. The third-order valence-corrected chi connectivity index (χ3v) is 4.22. The molecule has 1 amide bonds. The third-order valence-electron chi connectivity index (χ3n) is 3.88. The molecule has 25 heavy (non-hydrogen) atoms. The summed E-state index contributed by atoms with van der Waals surface area (Å²) in [6, 6.07) is 13.1. The number of hydrogen-bond donors (Lipinski definition) is 2. The van der Waals surface area contributed by atoms with Crippen LogP contribution in [0.1, 0.15) is 24.1 Å².